The summed E-state index contributed by atoms with van der Waals surface area (Å²) in [7, 11) is 0. The summed E-state index contributed by atoms with van der Waals surface area (Å²) >= 11 is 0. The summed E-state index contributed by atoms with van der Waals surface area (Å²) in [6.45, 7) is 14.3. The van der Waals surface area contributed by atoms with Gasteiger partial charge in [0.15, 0.2) is 0 Å². The molecule has 0 aromatic rings. The maximum Gasteiger partial charge on any atom is -0.0303 e. The lowest BCUT2D eigenvalue weighted by Gasteiger charge is -2.37. The lowest BCUT2D eigenvalue weighted by molar-refractivity contribution is 0.125. The Bertz CT molecular complexity index is 135. The second kappa shape index (κ2) is 6.48. The van der Waals surface area contributed by atoms with Gasteiger partial charge in [-0.15, -0.1) is 0 Å². The largest absolute Gasteiger partial charge is 0.0654 e. The fourth-order valence-corrected chi connectivity index (χ4v) is 2.08. The minimum atomic E-state index is 0.516. The highest BCUT2D eigenvalue weighted by atomic mass is 14.3. The first-order chi connectivity index (χ1) is 6.46. The highest BCUT2D eigenvalue weighted by Crippen LogP contribution is 2.39. The lowest BCUT2D eigenvalue weighted by Crippen LogP contribution is -2.29. The van der Waals surface area contributed by atoms with E-state index < -0.39 is 0 Å². The molecule has 0 heteroatoms. The molecule has 0 amide bonds. The SMILES string of the molecule is CCCCCC(C)C(C)(C)C(C)CC. The van der Waals surface area contributed by atoms with E-state index in [1.165, 1.54) is 32.1 Å². The van der Waals surface area contributed by atoms with Crippen LogP contribution in [0.3, 0.4) is 0 Å². The topological polar surface area (TPSA) is 0 Å². The Labute approximate surface area is 91.5 Å². The molecule has 2 atom stereocenters. The number of rotatable bonds is 7. The molecule has 86 valence electrons. The van der Waals surface area contributed by atoms with Gasteiger partial charge in [-0.25, -0.2) is 0 Å². The Balaban J connectivity index is 4.00. The molecule has 0 bridgehead atoms. The maximum atomic E-state index is 2.44. The maximum absolute atomic E-state index is 2.44. The van der Waals surface area contributed by atoms with Gasteiger partial charge in [0.05, 0.1) is 0 Å². The van der Waals surface area contributed by atoms with Crippen LogP contribution in [0.25, 0.3) is 0 Å². The van der Waals surface area contributed by atoms with E-state index in [0.717, 1.165) is 11.8 Å². The average molecular weight is 198 g/mol. The summed E-state index contributed by atoms with van der Waals surface area (Å²) in [6.07, 6.45) is 6.88. The second-order valence-electron chi connectivity index (χ2n) is 5.53. The Morgan fingerprint density at radius 2 is 1.50 bits per heavy atom. The summed E-state index contributed by atoms with van der Waals surface area (Å²) in [5.41, 5.74) is 0.516. The van der Waals surface area contributed by atoms with Crippen LogP contribution < -0.4 is 0 Å². The van der Waals surface area contributed by atoms with E-state index in [0.29, 0.717) is 5.41 Å². The van der Waals surface area contributed by atoms with Crippen molar-refractivity contribution in [2.24, 2.45) is 17.3 Å². The zero-order chi connectivity index (χ0) is 11.2. The molecule has 0 aliphatic rings. The molecule has 2 unspecified atom stereocenters. The quantitative estimate of drug-likeness (QED) is 0.488. The summed E-state index contributed by atoms with van der Waals surface area (Å²) in [6, 6.07) is 0. The Morgan fingerprint density at radius 3 is 1.93 bits per heavy atom. The Morgan fingerprint density at radius 1 is 0.929 bits per heavy atom. The molecular formula is C14H30. The van der Waals surface area contributed by atoms with Crippen molar-refractivity contribution in [1.29, 1.82) is 0 Å². The van der Waals surface area contributed by atoms with Crippen molar-refractivity contribution in [3.05, 3.63) is 0 Å². The van der Waals surface area contributed by atoms with Crippen LogP contribution in [0.2, 0.25) is 0 Å². The highest BCUT2D eigenvalue weighted by Gasteiger charge is 2.30. The van der Waals surface area contributed by atoms with Crippen LogP contribution in [0.15, 0.2) is 0 Å². The normalized spacial score (nSPS) is 16.7. The van der Waals surface area contributed by atoms with Crippen LogP contribution in [0, 0.1) is 17.3 Å². The monoisotopic (exact) mass is 198 g/mol. The fraction of sp³-hybridized carbons (Fsp3) is 1.00. The van der Waals surface area contributed by atoms with Crippen LogP contribution in [0.1, 0.15) is 73.6 Å². The third-order valence-corrected chi connectivity index (χ3v) is 4.39. The first-order valence-electron chi connectivity index (χ1n) is 6.46. The molecule has 14 heavy (non-hydrogen) atoms. The Kier molecular flexibility index (Phi) is 6.48. The van der Waals surface area contributed by atoms with Crippen LogP contribution in [-0.4, -0.2) is 0 Å². The van der Waals surface area contributed by atoms with Crippen molar-refractivity contribution in [3.63, 3.8) is 0 Å². The van der Waals surface area contributed by atoms with Gasteiger partial charge in [-0.3, -0.25) is 0 Å². The van der Waals surface area contributed by atoms with Crippen LogP contribution in [-0.2, 0) is 0 Å². The third kappa shape index (κ3) is 4.02. The van der Waals surface area contributed by atoms with E-state index in [1.54, 1.807) is 0 Å². The standard InChI is InChI=1S/C14H30/c1-7-9-10-11-13(4)14(5,6)12(3)8-2/h12-13H,7-11H2,1-6H3. The third-order valence-electron chi connectivity index (χ3n) is 4.39. The van der Waals surface area contributed by atoms with Crippen molar-refractivity contribution < 1.29 is 0 Å². The first kappa shape index (κ1) is 14.0. The van der Waals surface area contributed by atoms with Gasteiger partial charge in [0, 0.05) is 0 Å². The molecule has 0 heterocycles. The van der Waals surface area contributed by atoms with Crippen molar-refractivity contribution in [3.8, 4) is 0 Å². The summed E-state index contributed by atoms with van der Waals surface area (Å²) < 4.78 is 0. The van der Waals surface area contributed by atoms with Gasteiger partial charge < -0.3 is 0 Å². The number of hydrogen-bond acceptors (Lipinski definition) is 0. The van der Waals surface area contributed by atoms with E-state index in [2.05, 4.69) is 41.5 Å². The van der Waals surface area contributed by atoms with E-state index in [-0.39, 0.29) is 0 Å². The van der Waals surface area contributed by atoms with Crippen LogP contribution in [0.4, 0.5) is 0 Å². The minimum absolute atomic E-state index is 0.516. The van der Waals surface area contributed by atoms with Crippen molar-refractivity contribution in [2.45, 2.75) is 73.6 Å². The van der Waals surface area contributed by atoms with E-state index in [9.17, 15) is 0 Å². The predicted molar refractivity (Wildman–Crippen MR) is 66.5 cm³/mol. The molecular weight excluding hydrogens is 168 g/mol. The van der Waals surface area contributed by atoms with Gasteiger partial charge in [-0.1, -0.05) is 73.6 Å². The van der Waals surface area contributed by atoms with Gasteiger partial charge in [0.25, 0.3) is 0 Å². The van der Waals surface area contributed by atoms with E-state index in [4.69, 9.17) is 0 Å². The summed E-state index contributed by atoms with van der Waals surface area (Å²) in [5.74, 6) is 1.71. The molecule has 0 rings (SSSR count). The molecule has 0 N–H and O–H groups in total. The van der Waals surface area contributed by atoms with Gasteiger partial charge in [-0.2, -0.15) is 0 Å². The van der Waals surface area contributed by atoms with Crippen molar-refractivity contribution in [1.82, 2.24) is 0 Å². The molecule has 0 saturated carbocycles. The van der Waals surface area contributed by atoms with Crippen LogP contribution in [0.5, 0.6) is 0 Å². The van der Waals surface area contributed by atoms with Gasteiger partial charge in [-0.05, 0) is 17.3 Å². The molecule has 0 nitrogen and oxygen atoms in total. The average Bonchev–Trinajstić information content (AvgIpc) is 2.16. The molecule has 0 aromatic heterocycles. The van der Waals surface area contributed by atoms with Gasteiger partial charge in [0.2, 0.25) is 0 Å². The van der Waals surface area contributed by atoms with Crippen LogP contribution >= 0.6 is 0 Å². The molecule has 0 aliphatic heterocycles. The molecule has 0 fully saturated rings. The molecule has 0 radical (unpaired) electrons. The summed E-state index contributed by atoms with van der Waals surface area (Å²) in [4.78, 5) is 0. The Hall–Kier alpha value is 0. The number of unbranched alkanes of at least 4 members (excludes halogenated alkanes) is 2. The number of hydrogen-bond donors (Lipinski definition) is 0. The minimum Gasteiger partial charge on any atom is -0.0654 e. The zero-order valence-corrected chi connectivity index (χ0v) is 11.2. The first-order valence-corrected chi connectivity index (χ1v) is 6.46. The fourth-order valence-electron chi connectivity index (χ4n) is 2.08. The zero-order valence-electron chi connectivity index (χ0n) is 11.2. The summed E-state index contributed by atoms with van der Waals surface area (Å²) in [5, 5.41) is 0. The lowest BCUT2D eigenvalue weighted by atomic mass is 9.68. The van der Waals surface area contributed by atoms with Crippen molar-refractivity contribution >= 4 is 0 Å². The van der Waals surface area contributed by atoms with E-state index in [1.807, 2.05) is 0 Å². The van der Waals surface area contributed by atoms with E-state index >= 15 is 0 Å². The highest BCUT2D eigenvalue weighted by molar-refractivity contribution is 4.79. The second-order valence-corrected chi connectivity index (χ2v) is 5.53. The molecule has 0 saturated heterocycles. The van der Waals surface area contributed by atoms with Gasteiger partial charge >= 0.3 is 0 Å². The smallest absolute Gasteiger partial charge is 0.0303 e. The molecule has 0 spiro atoms. The molecule has 0 aromatic carbocycles. The van der Waals surface area contributed by atoms with Crippen molar-refractivity contribution in [2.75, 3.05) is 0 Å². The predicted octanol–water partition coefficient (Wildman–Crippen LogP) is 5.28. The molecule has 0 aliphatic carbocycles. The van der Waals surface area contributed by atoms with Gasteiger partial charge in [0.1, 0.15) is 0 Å².